The quantitative estimate of drug-likeness (QED) is 0.584. The molecule has 1 N–H and O–H groups in total. The monoisotopic (exact) mass is 433 g/mol. The van der Waals surface area contributed by atoms with Crippen molar-refractivity contribution in [2.45, 2.75) is 11.4 Å². The number of nitrogens with zero attached hydrogens (tertiary/aromatic N) is 2. The zero-order chi connectivity index (χ0) is 21.7. The maximum absolute atomic E-state index is 13.1. The minimum absolute atomic E-state index is 0.000613. The standard InChI is InChI=1S/C20H20FN3O5S/c1-28-16-7-9-18(29-2)19(13-16)30(26,27)22-11-12-24-20(25)10-8-17(23-24)14-3-5-15(21)6-4-14/h3-10,13,22H,11-12H2,1-2H3. The molecule has 0 aliphatic heterocycles. The Bertz CT molecular complexity index is 1190. The second-order valence-corrected chi connectivity index (χ2v) is 7.94. The molecule has 158 valence electrons. The Balaban J connectivity index is 1.77. The molecule has 8 nitrogen and oxygen atoms in total. The molecule has 1 aromatic heterocycles. The molecule has 2 aromatic carbocycles. The Morgan fingerprint density at radius 3 is 2.43 bits per heavy atom. The first-order valence-electron chi connectivity index (χ1n) is 8.90. The Morgan fingerprint density at radius 1 is 1.03 bits per heavy atom. The first-order valence-corrected chi connectivity index (χ1v) is 10.4. The smallest absolute Gasteiger partial charge is 0.266 e. The summed E-state index contributed by atoms with van der Waals surface area (Å²) in [5.41, 5.74) is 0.706. The molecule has 0 aliphatic carbocycles. The number of rotatable bonds is 8. The molecule has 0 unspecified atom stereocenters. The summed E-state index contributed by atoms with van der Waals surface area (Å²) in [6.45, 7) is -0.0815. The maximum Gasteiger partial charge on any atom is 0.266 e. The number of ether oxygens (including phenoxy) is 2. The molecule has 3 aromatic rings. The molecule has 0 radical (unpaired) electrons. The highest BCUT2D eigenvalue weighted by molar-refractivity contribution is 7.89. The van der Waals surface area contributed by atoms with Gasteiger partial charge in [0.05, 0.1) is 26.5 Å². The van der Waals surface area contributed by atoms with Crippen molar-refractivity contribution in [3.8, 4) is 22.8 Å². The number of halogens is 1. The van der Waals surface area contributed by atoms with E-state index in [0.29, 0.717) is 17.0 Å². The van der Waals surface area contributed by atoms with E-state index in [1.165, 1.54) is 50.6 Å². The molecule has 0 spiro atoms. The van der Waals surface area contributed by atoms with Crippen molar-refractivity contribution < 1.29 is 22.3 Å². The van der Waals surface area contributed by atoms with Crippen molar-refractivity contribution in [2.24, 2.45) is 0 Å². The zero-order valence-corrected chi connectivity index (χ0v) is 17.1. The van der Waals surface area contributed by atoms with Gasteiger partial charge in [-0.05, 0) is 42.5 Å². The van der Waals surface area contributed by atoms with E-state index in [9.17, 15) is 17.6 Å². The lowest BCUT2D eigenvalue weighted by atomic mass is 10.1. The number of benzene rings is 2. The Kier molecular flexibility index (Phi) is 6.48. The van der Waals surface area contributed by atoms with E-state index in [2.05, 4.69) is 9.82 Å². The molecule has 0 aliphatic rings. The van der Waals surface area contributed by atoms with Gasteiger partial charge in [-0.2, -0.15) is 5.10 Å². The molecule has 10 heteroatoms. The van der Waals surface area contributed by atoms with Gasteiger partial charge in [-0.1, -0.05) is 0 Å². The van der Waals surface area contributed by atoms with Gasteiger partial charge in [0.15, 0.2) is 0 Å². The third kappa shape index (κ3) is 4.84. The predicted molar refractivity (Wildman–Crippen MR) is 109 cm³/mol. The topological polar surface area (TPSA) is 99.5 Å². The molecule has 30 heavy (non-hydrogen) atoms. The van der Waals surface area contributed by atoms with Gasteiger partial charge in [0, 0.05) is 24.2 Å². The molecule has 1 heterocycles. The Hall–Kier alpha value is -3.24. The molecule has 0 atom stereocenters. The fourth-order valence-electron chi connectivity index (χ4n) is 2.74. The van der Waals surface area contributed by atoms with Crippen LogP contribution in [0.3, 0.4) is 0 Å². The first kappa shape index (κ1) is 21.5. The summed E-state index contributed by atoms with van der Waals surface area (Å²) in [5.74, 6) is 0.146. The van der Waals surface area contributed by atoms with Crippen LogP contribution in [0.5, 0.6) is 11.5 Å². The lowest BCUT2D eigenvalue weighted by molar-refractivity contribution is 0.392. The predicted octanol–water partition coefficient (Wildman–Crippen LogP) is 2.05. The number of sulfonamides is 1. The van der Waals surface area contributed by atoms with Crippen LogP contribution >= 0.6 is 0 Å². The van der Waals surface area contributed by atoms with Gasteiger partial charge >= 0.3 is 0 Å². The van der Waals surface area contributed by atoms with Crippen LogP contribution in [-0.4, -0.2) is 39.0 Å². The average Bonchev–Trinajstić information content (AvgIpc) is 2.75. The fraction of sp³-hybridized carbons (Fsp3) is 0.200. The van der Waals surface area contributed by atoms with Crippen LogP contribution in [0.15, 0.2) is 64.3 Å². The molecular weight excluding hydrogens is 413 g/mol. The third-order valence-electron chi connectivity index (χ3n) is 4.28. The summed E-state index contributed by atoms with van der Waals surface area (Å²) in [6, 6.07) is 13.0. The van der Waals surface area contributed by atoms with Crippen molar-refractivity contribution in [1.82, 2.24) is 14.5 Å². The van der Waals surface area contributed by atoms with Crippen molar-refractivity contribution in [3.63, 3.8) is 0 Å². The van der Waals surface area contributed by atoms with E-state index >= 15 is 0 Å². The number of hydrogen-bond donors (Lipinski definition) is 1. The minimum atomic E-state index is -3.93. The molecule has 3 rings (SSSR count). The summed E-state index contributed by atoms with van der Waals surface area (Å²) >= 11 is 0. The van der Waals surface area contributed by atoms with E-state index in [0.717, 1.165) is 4.68 Å². The van der Waals surface area contributed by atoms with Crippen LogP contribution in [0.2, 0.25) is 0 Å². The highest BCUT2D eigenvalue weighted by Crippen LogP contribution is 2.27. The summed E-state index contributed by atoms with van der Waals surface area (Å²) in [7, 11) is -1.13. The second kappa shape index (κ2) is 9.06. The van der Waals surface area contributed by atoms with Gasteiger partial charge in [0.2, 0.25) is 10.0 Å². The van der Waals surface area contributed by atoms with Gasteiger partial charge < -0.3 is 9.47 Å². The summed E-state index contributed by atoms with van der Waals surface area (Å²) in [6.07, 6.45) is 0. The van der Waals surface area contributed by atoms with E-state index in [1.807, 2.05) is 0 Å². The van der Waals surface area contributed by atoms with Crippen LogP contribution in [0.1, 0.15) is 0 Å². The van der Waals surface area contributed by atoms with Gasteiger partial charge in [0.1, 0.15) is 22.2 Å². The van der Waals surface area contributed by atoms with Gasteiger partial charge in [0.25, 0.3) is 5.56 Å². The van der Waals surface area contributed by atoms with Crippen molar-refractivity contribution >= 4 is 10.0 Å². The summed E-state index contributed by atoms with van der Waals surface area (Å²) < 4.78 is 52.2. The van der Waals surface area contributed by atoms with Gasteiger partial charge in [-0.15, -0.1) is 0 Å². The number of nitrogens with one attached hydrogen (secondary N) is 1. The van der Waals surface area contributed by atoms with E-state index in [-0.39, 0.29) is 35.1 Å². The molecule has 0 amide bonds. The average molecular weight is 433 g/mol. The summed E-state index contributed by atoms with van der Waals surface area (Å²) in [4.78, 5) is 12.0. The second-order valence-electron chi connectivity index (χ2n) is 6.20. The molecule has 0 saturated heterocycles. The van der Waals surface area contributed by atoms with Crippen molar-refractivity contribution in [1.29, 1.82) is 0 Å². The largest absolute Gasteiger partial charge is 0.497 e. The van der Waals surface area contributed by atoms with Gasteiger partial charge in [-0.25, -0.2) is 22.2 Å². The van der Waals surface area contributed by atoms with Crippen LogP contribution in [0, 0.1) is 5.82 Å². The minimum Gasteiger partial charge on any atom is -0.497 e. The molecule has 0 fully saturated rings. The molecular formula is C20H20FN3O5S. The van der Waals surface area contributed by atoms with E-state index in [4.69, 9.17) is 9.47 Å². The lowest BCUT2D eigenvalue weighted by Gasteiger charge is -2.12. The lowest BCUT2D eigenvalue weighted by Crippen LogP contribution is -2.32. The van der Waals surface area contributed by atoms with E-state index in [1.54, 1.807) is 18.2 Å². The molecule has 0 bridgehead atoms. The SMILES string of the molecule is COc1ccc(OC)c(S(=O)(=O)NCCn2nc(-c3ccc(F)cc3)ccc2=O)c1. The van der Waals surface area contributed by atoms with E-state index < -0.39 is 10.0 Å². The zero-order valence-electron chi connectivity index (χ0n) is 16.3. The van der Waals surface area contributed by atoms with Crippen LogP contribution in [0.25, 0.3) is 11.3 Å². The number of aromatic nitrogens is 2. The first-order chi connectivity index (χ1) is 14.3. The van der Waals surface area contributed by atoms with Crippen LogP contribution in [-0.2, 0) is 16.6 Å². The number of hydrogen-bond acceptors (Lipinski definition) is 6. The Labute approximate surface area is 172 Å². The van der Waals surface area contributed by atoms with Gasteiger partial charge in [-0.3, -0.25) is 4.79 Å². The summed E-state index contributed by atoms with van der Waals surface area (Å²) in [5, 5.41) is 4.23. The van der Waals surface area contributed by atoms with Crippen molar-refractivity contribution in [2.75, 3.05) is 20.8 Å². The maximum atomic E-state index is 13.1. The normalized spacial score (nSPS) is 11.3. The highest BCUT2D eigenvalue weighted by Gasteiger charge is 2.20. The molecule has 0 saturated carbocycles. The van der Waals surface area contributed by atoms with Crippen LogP contribution < -0.4 is 19.8 Å². The van der Waals surface area contributed by atoms with Crippen LogP contribution in [0.4, 0.5) is 4.39 Å². The number of methoxy groups -OCH3 is 2. The highest BCUT2D eigenvalue weighted by atomic mass is 32.2. The fourth-order valence-corrected chi connectivity index (χ4v) is 3.94. The van der Waals surface area contributed by atoms with Crippen molar-refractivity contribution in [3.05, 3.63) is 70.8 Å². The Morgan fingerprint density at radius 2 is 1.77 bits per heavy atom. The third-order valence-corrected chi connectivity index (χ3v) is 5.76.